The van der Waals surface area contributed by atoms with Crippen molar-refractivity contribution in [2.45, 2.75) is 18.8 Å². The molecule has 5 nitrogen and oxygen atoms in total. The van der Waals surface area contributed by atoms with Gasteiger partial charge in [0.2, 0.25) is 0 Å². The van der Waals surface area contributed by atoms with E-state index in [1.54, 1.807) is 22.6 Å². The van der Waals surface area contributed by atoms with Crippen LogP contribution < -0.4 is 5.73 Å². The van der Waals surface area contributed by atoms with Gasteiger partial charge in [-0.1, -0.05) is 6.07 Å². The highest BCUT2D eigenvalue weighted by atomic mass is 16.4. The van der Waals surface area contributed by atoms with Gasteiger partial charge in [-0.25, -0.2) is 9.78 Å². The van der Waals surface area contributed by atoms with E-state index in [2.05, 4.69) is 4.98 Å². The maximum atomic E-state index is 11.1. The first-order valence-electron chi connectivity index (χ1n) is 5.18. The largest absolute Gasteiger partial charge is 0.476 e. The summed E-state index contributed by atoms with van der Waals surface area (Å²) >= 11 is 0. The summed E-state index contributed by atoms with van der Waals surface area (Å²) in [4.78, 5) is 15.3. The summed E-state index contributed by atoms with van der Waals surface area (Å²) in [5.74, 6) is 0.685. The molecular weight excluding hydrogens is 206 g/mol. The second-order valence-electron chi connectivity index (χ2n) is 4.07. The Morgan fingerprint density at radius 2 is 2.25 bits per heavy atom. The zero-order valence-corrected chi connectivity index (χ0v) is 8.55. The van der Waals surface area contributed by atoms with Crippen molar-refractivity contribution < 1.29 is 9.90 Å². The molecule has 0 spiro atoms. The first kappa shape index (κ1) is 9.21. The third kappa shape index (κ3) is 1.18. The molecule has 2 aromatic rings. The smallest absolute Gasteiger partial charge is 0.356 e. The van der Waals surface area contributed by atoms with Crippen LogP contribution in [0.3, 0.4) is 0 Å². The normalized spacial score (nSPS) is 15.5. The molecule has 1 saturated carbocycles. The van der Waals surface area contributed by atoms with Gasteiger partial charge in [0.15, 0.2) is 5.69 Å². The lowest BCUT2D eigenvalue weighted by atomic mass is 10.3. The third-order valence-electron chi connectivity index (χ3n) is 2.86. The maximum Gasteiger partial charge on any atom is 0.356 e. The highest BCUT2D eigenvalue weighted by Crippen LogP contribution is 2.40. The molecule has 0 amide bonds. The second kappa shape index (κ2) is 2.98. The maximum absolute atomic E-state index is 11.1. The van der Waals surface area contributed by atoms with Crippen molar-refractivity contribution in [3.05, 3.63) is 29.7 Å². The lowest BCUT2D eigenvalue weighted by Gasteiger charge is -2.02. The van der Waals surface area contributed by atoms with E-state index >= 15 is 0 Å². The SMILES string of the molecule is Nc1cccc2c(C(=O)O)nc(C3CC3)n12. The number of fused-ring (bicyclic) bond motifs is 1. The van der Waals surface area contributed by atoms with E-state index in [4.69, 9.17) is 10.8 Å². The number of nitrogen functional groups attached to an aromatic ring is 1. The number of aromatic carboxylic acids is 1. The Balaban J connectivity index is 2.37. The fraction of sp³-hybridized carbons (Fsp3) is 0.273. The molecule has 1 aliphatic rings. The number of imidazole rings is 1. The molecule has 1 aliphatic carbocycles. The van der Waals surface area contributed by atoms with E-state index in [0.29, 0.717) is 17.3 Å². The molecule has 5 heteroatoms. The number of aromatic nitrogens is 2. The van der Waals surface area contributed by atoms with Crippen LogP contribution in [0.2, 0.25) is 0 Å². The predicted molar refractivity (Wildman–Crippen MR) is 58.5 cm³/mol. The van der Waals surface area contributed by atoms with Crippen molar-refractivity contribution in [3.63, 3.8) is 0 Å². The number of carboxylic acid groups (broad SMARTS) is 1. The van der Waals surface area contributed by atoms with E-state index in [9.17, 15) is 4.79 Å². The molecule has 3 rings (SSSR count). The van der Waals surface area contributed by atoms with Crippen molar-refractivity contribution >= 4 is 17.3 Å². The fourth-order valence-electron chi connectivity index (χ4n) is 1.96. The number of nitrogens with zero attached hydrogens (tertiary/aromatic N) is 2. The number of carbonyl (C=O) groups is 1. The molecule has 0 atom stereocenters. The van der Waals surface area contributed by atoms with Crippen LogP contribution in [0, 0.1) is 0 Å². The Morgan fingerprint density at radius 1 is 1.50 bits per heavy atom. The molecule has 82 valence electrons. The first-order chi connectivity index (χ1) is 7.68. The van der Waals surface area contributed by atoms with Gasteiger partial charge in [0.05, 0.1) is 5.52 Å². The van der Waals surface area contributed by atoms with Crippen molar-refractivity contribution in [3.8, 4) is 0 Å². The highest BCUT2D eigenvalue weighted by molar-refractivity contribution is 5.94. The number of hydrogen-bond donors (Lipinski definition) is 2. The Labute approximate surface area is 91.5 Å². The average molecular weight is 217 g/mol. The molecule has 0 aliphatic heterocycles. The van der Waals surface area contributed by atoms with Crippen LogP contribution in [-0.4, -0.2) is 20.5 Å². The topological polar surface area (TPSA) is 80.6 Å². The van der Waals surface area contributed by atoms with Crippen molar-refractivity contribution in [1.82, 2.24) is 9.38 Å². The zero-order chi connectivity index (χ0) is 11.3. The van der Waals surface area contributed by atoms with E-state index in [1.807, 2.05) is 0 Å². The second-order valence-corrected chi connectivity index (χ2v) is 4.07. The summed E-state index contributed by atoms with van der Waals surface area (Å²) in [5, 5.41) is 9.07. The number of anilines is 1. The minimum atomic E-state index is -1.00. The molecule has 0 bridgehead atoms. The molecule has 1 fully saturated rings. The number of carboxylic acids is 1. The summed E-state index contributed by atoms with van der Waals surface area (Å²) in [6.45, 7) is 0. The summed E-state index contributed by atoms with van der Waals surface area (Å²) in [7, 11) is 0. The molecule has 2 aromatic heterocycles. The van der Waals surface area contributed by atoms with Gasteiger partial charge in [0, 0.05) is 5.92 Å². The van der Waals surface area contributed by atoms with Gasteiger partial charge in [0.25, 0.3) is 0 Å². The summed E-state index contributed by atoms with van der Waals surface area (Å²) in [6.07, 6.45) is 2.12. The lowest BCUT2D eigenvalue weighted by molar-refractivity contribution is 0.0693. The van der Waals surface area contributed by atoms with E-state index in [1.165, 1.54) is 0 Å². The summed E-state index contributed by atoms with van der Waals surface area (Å²) in [5.41, 5.74) is 6.54. The molecule has 0 aromatic carbocycles. The van der Waals surface area contributed by atoms with Gasteiger partial charge in [-0.15, -0.1) is 0 Å². The van der Waals surface area contributed by atoms with E-state index < -0.39 is 5.97 Å². The highest BCUT2D eigenvalue weighted by Gasteiger charge is 2.31. The summed E-state index contributed by atoms with van der Waals surface area (Å²) in [6, 6.07) is 5.24. The van der Waals surface area contributed by atoms with Gasteiger partial charge in [-0.05, 0) is 25.0 Å². The molecule has 3 N–H and O–H groups in total. The van der Waals surface area contributed by atoms with E-state index in [-0.39, 0.29) is 5.69 Å². The van der Waals surface area contributed by atoms with Crippen LogP contribution in [-0.2, 0) is 0 Å². The van der Waals surface area contributed by atoms with Gasteiger partial charge >= 0.3 is 5.97 Å². The number of hydrogen-bond acceptors (Lipinski definition) is 3. The van der Waals surface area contributed by atoms with Crippen molar-refractivity contribution in [1.29, 1.82) is 0 Å². The Morgan fingerprint density at radius 3 is 2.88 bits per heavy atom. The van der Waals surface area contributed by atoms with E-state index in [0.717, 1.165) is 18.7 Å². The van der Waals surface area contributed by atoms with Crippen LogP contribution in [0.1, 0.15) is 35.1 Å². The molecule has 0 unspecified atom stereocenters. The molecule has 0 saturated heterocycles. The Kier molecular flexibility index (Phi) is 1.71. The minimum Gasteiger partial charge on any atom is -0.476 e. The van der Waals surface area contributed by atoms with Crippen LogP contribution in [0.25, 0.3) is 5.52 Å². The molecule has 16 heavy (non-hydrogen) atoms. The third-order valence-corrected chi connectivity index (χ3v) is 2.86. The lowest BCUT2D eigenvalue weighted by Crippen LogP contribution is -2.00. The van der Waals surface area contributed by atoms with Crippen molar-refractivity contribution in [2.24, 2.45) is 0 Å². The Hall–Kier alpha value is -2.04. The van der Waals surface area contributed by atoms with Crippen LogP contribution in [0.4, 0.5) is 5.82 Å². The fourth-order valence-corrected chi connectivity index (χ4v) is 1.96. The molecule has 2 heterocycles. The minimum absolute atomic E-state index is 0.0919. The molecule has 0 radical (unpaired) electrons. The van der Waals surface area contributed by atoms with Gasteiger partial charge in [0.1, 0.15) is 11.6 Å². The number of pyridine rings is 1. The van der Waals surface area contributed by atoms with Crippen LogP contribution in [0.5, 0.6) is 0 Å². The van der Waals surface area contributed by atoms with Gasteiger partial charge < -0.3 is 10.8 Å². The summed E-state index contributed by atoms with van der Waals surface area (Å²) < 4.78 is 1.75. The zero-order valence-electron chi connectivity index (χ0n) is 8.55. The average Bonchev–Trinajstić information content (AvgIpc) is 2.99. The standard InChI is InChI=1S/C11H11N3O2/c12-8-3-1-2-7-9(11(15)16)13-10(14(7)8)6-4-5-6/h1-3,6H,4-5,12H2,(H,15,16). The molecular formula is C11H11N3O2. The number of nitrogens with two attached hydrogens (primary N) is 1. The quantitative estimate of drug-likeness (QED) is 0.798. The van der Waals surface area contributed by atoms with Gasteiger partial charge in [-0.3, -0.25) is 4.40 Å². The monoisotopic (exact) mass is 217 g/mol. The number of rotatable bonds is 2. The van der Waals surface area contributed by atoms with Crippen LogP contribution in [0.15, 0.2) is 18.2 Å². The van der Waals surface area contributed by atoms with Crippen LogP contribution >= 0.6 is 0 Å². The first-order valence-corrected chi connectivity index (χ1v) is 5.18. The van der Waals surface area contributed by atoms with Gasteiger partial charge in [-0.2, -0.15) is 0 Å². The predicted octanol–water partition coefficient (Wildman–Crippen LogP) is 1.49. The van der Waals surface area contributed by atoms with Crippen molar-refractivity contribution in [2.75, 3.05) is 5.73 Å². The Bertz CT molecular complexity index is 584.